The van der Waals surface area contributed by atoms with Crippen LogP contribution in [-0.4, -0.2) is 21.9 Å². The highest BCUT2D eigenvalue weighted by atomic mass is 35.5. The molecule has 0 saturated carbocycles. The first-order chi connectivity index (χ1) is 9.15. The van der Waals surface area contributed by atoms with Crippen LogP contribution in [0.2, 0.25) is 10.0 Å². The van der Waals surface area contributed by atoms with E-state index < -0.39 is 0 Å². The Morgan fingerprint density at radius 2 is 2.26 bits per heavy atom. The van der Waals surface area contributed by atoms with Crippen molar-refractivity contribution in [2.75, 3.05) is 11.1 Å². The number of rotatable bonds is 5. The van der Waals surface area contributed by atoms with Crippen LogP contribution < -0.4 is 5.32 Å². The quantitative estimate of drug-likeness (QED) is 0.886. The van der Waals surface area contributed by atoms with E-state index in [0.717, 1.165) is 5.56 Å². The third-order valence-corrected chi connectivity index (χ3v) is 3.86. The number of carbonyl (C=O) groups excluding carboxylic acids is 1. The van der Waals surface area contributed by atoms with Gasteiger partial charge in [0.15, 0.2) is 0 Å². The number of halogens is 2. The normalized spacial score (nSPS) is 10.4. The van der Waals surface area contributed by atoms with E-state index in [1.54, 1.807) is 24.5 Å². The van der Waals surface area contributed by atoms with E-state index in [1.165, 1.54) is 11.8 Å². The summed E-state index contributed by atoms with van der Waals surface area (Å²) in [5.41, 5.74) is 1.63. The second-order valence-electron chi connectivity index (χ2n) is 3.76. The van der Waals surface area contributed by atoms with Crippen molar-refractivity contribution in [3.8, 4) is 0 Å². The van der Waals surface area contributed by atoms with Crippen LogP contribution >= 0.6 is 35.0 Å². The van der Waals surface area contributed by atoms with Gasteiger partial charge in [-0.15, -0.1) is 11.8 Å². The Bertz CT molecular complexity index is 560. The van der Waals surface area contributed by atoms with Crippen molar-refractivity contribution in [3.63, 3.8) is 0 Å². The van der Waals surface area contributed by atoms with Gasteiger partial charge in [-0.05, 0) is 17.7 Å². The van der Waals surface area contributed by atoms with Gasteiger partial charge in [0.2, 0.25) is 5.91 Å². The number of nitrogens with zero attached hydrogens (tertiary/aromatic N) is 1. The molecule has 1 aromatic carbocycles. The Morgan fingerprint density at radius 3 is 2.95 bits per heavy atom. The molecule has 0 aliphatic heterocycles. The van der Waals surface area contributed by atoms with Gasteiger partial charge in [0.05, 0.1) is 17.6 Å². The van der Waals surface area contributed by atoms with Crippen molar-refractivity contribution in [2.24, 2.45) is 0 Å². The number of hydrogen-bond donors (Lipinski definition) is 2. The Morgan fingerprint density at radius 1 is 1.42 bits per heavy atom. The highest BCUT2D eigenvalue weighted by Crippen LogP contribution is 2.24. The zero-order valence-corrected chi connectivity index (χ0v) is 12.1. The minimum atomic E-state index is -0.0727. The molecule has 0 spiro atoms. The highest BCUT2D eigenvalue weighted by molar-refractivity contribution is 7.99. The molecule has 2 rings (SSSR count). The second kappa shape index (κ2) is 6.84. The maximum Gasteiger partial charge on any atom is 0.234 e. The fourth-order valence-corrected chi connectivity index (χ4v) is 2.79. The summed E-state index contributed by atoms with van der Waals surface area (Å²) in [4.78, 5) is 11.6. The second-order valence-corrected chi connectivity index (χ2v) is 5.59. The number of H-pyrrole nitrogens is 1. The molecular weight excluding hydrogens is 305 g/mol. The van der Waals surface area contributed by atoms with Gasteiger partial charge in [0.1, 0.15) is 0 Å². The molecule has 0 aliphatic carbocycles. The lowest BCUT2D eigenvalue weighted by molar-refractivity contribution is -0.113. The number of benzene rings is 1. The molecular formula is C12H11Cl2N3OS. The van der Waals surface area contributed by atoms with Crippen molar-refractivity contribution in [3.05, 3.63) is 46.2 Å². The van der Waals surface area contributed by atoms with E-state index in [0.29, 0.717) is 27.2 Å². The summed E-state index contributed by atoms with van der Waals surface area (Å²) in [6.45, 7) is 0. The molecule has 0 bridgehead atoms. The summed E-state index contributed by atoms with van der Waals surface area (Å²) < 4.78 is 0. The molecule has 1 amide bonds. The van der Waals surface area contributed by atoms with Crippen molar-refractivity contribution in [2.45, 2.75) is 5.75 Å². The molecule has 100 valence electrons. The largest absolute Gasteiger partial charge is 0.323 e. The summed E-state index contributed by atoms with van der Waals surface area (Å²) in [6, 6.07) is 5.35. The molecule has 1 aromatic heterocycles. The fraction of sp³-hybridized carbons (Fsp3) is 0.167. The fourth-order valence-electron chi connectivity index (χ4n) is 1.41. The summed E-state index contributed by atoms with van der Waals surface area (Å²) >= 11 is 13.4. The smallest absolute Gasteiger partial charge is 0.234 e. The van der Waals surface area contributed by atoms with Gasteiger partial charge < -0.3 is 5.32 Å². The van der Waals surface area contributed by atoms with E-state index in [9.17, 15) is 4.79 Å². The van der Waals surface area contributed by atoms with E-state index >= 15 is 0 Å². The van der Waals surface area contributed by atoms with Gasteiger partial charge >= 0.3 is 0 Å². The van der Waals surface area contributed by atoms with Crippen molar-refractivity contribution >= 4 is 46.6 Å². The molecule has 19 heavy (non-hydrogen) atoms. The molecule has 0 aliphatic rings. The maximum absolute atomic E-state index is 11.6. The third-order valence-electron chi connectivity index (χ3n) is 2.29. The molecule has 4 nitrogen and oxygen atoms in total. The number of amides is 1. The van der Waals surface area contributed by atoms with Crippen molar-refractivity contribution in [1.82, 2.24) is 10.2 Å². The van der Waals surface area contributed by atoms with Crippen LogP contribution in [0, 0.1) is 0 Å². The molecule has 1 heterocycles. The Kier molecular flexibility index (Phi) is 5.13. The van der Waals surface area contributed by atoms with Gasteiger partial charge in [-0.3, -0.25) is 9.89 Å². The van der Waals surface area contributed by atoms with E-state index in [1.807, 2.05) is 6.07 Å². The number of anilines is 1. The lowest BCUT2D eigenvalue weighted by Gasteiger charge is -2.05. The molecule has 2 N–H and O–H groups in total. The summed E-state index contributed by atoms with van der Waals surface area (Å²) in [6.07, 6.45) is 3.18. The lowest BCUT2D eigenvalue weighted by Crippen LogP contribution is -2.13. The summed E-state index contributed by atoms with van der Waals surface area (Å²) in [7, 11) is 0. The standard InChI is InChI=1S/C12H11Cl2N3OS/c13-9-2-1-8(11(14)3-9)6-19-7-12(18)17-10-4-15-16-5-10/h1-5H,6-7H2,(H,15,16)(H,17,18). The van der Waals surface area contributed by atoms with Crippen molar-refractivity contribution < 1.29 is 4.79 Å². The Balaban J connectivity index is 1.78. The third kappa shape index (κ3) is 4.45. The average Bonchev–Trinajstić information content (AvgIpc) is 2.84. The van der Waals surface area contributed by atoms with Crippen LogP contribution in [0.5, 0.6) is 0 Å². The Labute approximate surface area is 124 Å². The maximum atomic E-state index is 11.6. The van der Waals surface area contributed by atoms with Crippen LogP contribution in [0.4, 0.5) is 5.69 Å². The molecule has 0 saturated heterocycles. The molecule has 0 fully saturated rings. The molecule has 0 radical (unpaired) electrons. The molecule has 7 heteroatoms. The van der Waals surface area contributed by atoms with Gasteiger partial charge in [-0.1, -0.05) is 29.3 Å². The van der Waals surface area contributed by atoms with E-state index in [4.69, 9.17) is 23.2 Å². The Hall–Kier alpha value is -1.17. The predicted molar refractivity (Wildman–Crippen MR) is 79.8 cm³/mol. The minimum absolute atomic E-state index is 0.0727. The highest BCUT2D eigenvalue weighted by Gasteiger charge is 2.05. The first-order valence-corrected chi connectivity index (χ1v) is 7.36. The lowest BCUT2D eigenvalue weighted by atomic mass is 10.2. The number of nitrogens with one attached hydrogen (secondary N) is 2. The topological polar surface area (TPSA) is 57.8 Å². The van der Waals surface area contributed by atoms with Crippen LogP contribution in [0.15, 0.2) is 30.6 Å². The minimum Gasteiger partial charge on any atom is -0.323 e. The summed E-state index contributed by atoms with van der Waals surface area (Å²) in [5.74, 6) is 0.940. The zero-order chi connectivity index (χ0) is 13.7. The first kappa shape index (κ1) is 14.2. The number of aromatic amines is 1. The van der Waals surface area contributed by atoms with Crippen LogP contribution in [0.25, 0.3) is 0 Å². The van der Waals surface area contributed by atoms with E-state index in [-0.39, 0.29) is 5.91 Å². The van der Waals surface area contributed by atoms with Gasteiger partial charge in [0.25, 0.3) is 0 Å². The van der Waals surface area contributed by atoms with Crippen LogP contribution in [-0.2, 0) is 10.5 Å². The predicted octanol–water partition coefficient (Wildman–Crippen LogP) is 3.59. The monoisotopic (exact) mass is 315 g/mol. The van der Waals surface area contributed by atoms with Crippen LogP contribution in [0.3, 0.4) is 0 Å². The molecule has 0 unspecified atom stereocenters. The van der Waals surface area contributed by atoms with Gasteiger partial charge in [-0.25, -0.2) is 0 Å². The number of thioether (sulfide) groups is 1. The van der Waals surface area contributed by atoms with Crippen molar-refractivity contribution in [1.29, 1.82) is 0 Å². The molecule has 2 aromatic rings. The summed E-state index contributed by atoms with van der Waals surface area (Å²) in [5, 5.41) is 10.3. The molecule has 0 atom stereocenters. The first-order valence-electron chi connectivity index (χ1n) is 5.45. The van der Waals surface area contributed by atoms with Crippen LogP contribution in [0.1, 0.15) is 5.56 Å². The SMILES string of the molecule is O=C(CSCc1ccc(Cl)cc1Cl)Nc1cn[nH]c1. The number of carbonyl (C=O) groups is 1. The van der Waals surface area contributed by atoms with Gasteiger partial charge in [-0.2, -0.15) is 5.10 Å². The number of hydrogen-bond acceptors (Lipinski definition) is 3. The van der Waals surface area contributed by atoms with E-state index in [2.05, 4.69) is 15.5 Å². The zero-order valence-electron chi connectivity index (χ0n) is 9.82. The average molecular weight is 316 g/mol. The van der Waals surface area contributed by atoms with Gasteiger partial charge in [0, 0.05) is 22.0 Å². The number of aromatic nitrogens is 2.